The van der Waals surface area contributed by atoms with E-state index in [2.05, 4.69) is 51.2 Å². The fourth-order valence-electron chi connectivity index (χ4n) is 6.21. The summed E-state index contributed by atoms with van der Waals surface area (Å²) in [5.41, 5.74) is 0. The molecule has 0 saturated heterocycles. The van der Waals surface area contributed by atoms with Crippen LogP contribution in [0.15, 0.2) is 85.1 Å². The van der Waals surface area contributed by atoms with Gasteiger partial charge in [0.05, 0.1) is 0 Å². The van der Waals surface area contributed by atoms with Gasteiger partial charge in [-0.1, -0.05) is 209 Å². The summed E-state index contributed by atoms with van der Waals surface area (Å²) < 4.78 is 16.6. The van der Waals surface area contributed by atoms with Crippen molar-refractivity contribution in [1.29, 1.82) is 0 Å². The molecule has 6 nitrogen and oxygen atoms in total. The van der Waals surface area contributed by atoms with Crippen molar-refractivity contribution in [3.05, 3.63) is 85.1 Å². The molecule has 58 heavy (non-hydrogen) atoms. The number of carbonyl (C=O) groups is 3. The summed E-state index contributed by atoms with van der Waals surface area (Å²) >= 11 is 0. The van der Waals surface area contributed by atoms with Crippen molar-refractivity contribution < 1.29 is 28.6 Å². The maximum atomic E-state index is 12.7. The van der Waals surface area contributed by atoms with Gasteiger partial charge in [0, 0.05) is 19.3 Å². The van der Waals surface area contributed by atoms with Crippen LogP contribution >= 0.6 is 0 Å². The van der Waals surface area contributed by atoms with Crippen molar-refractivity contribution in [1.82, 2.24) is 0 Å². The van der Waals surface area contributed by atoms with Gasteiger partial charge in [0.15, 0.2) is 6.10 Å². The number of hydrogen-bond donors (Lipinski definition) is 0. The molecule has 0 aromatic rings. The quantitative estimate of drug-likeness (QED) is 0.0201. The monoisotopic (exact) mass is 807 g/mol. The first-order valence-corrected chi connectivity index (χ1v) is 23.7. The second-order valence-electron chi connectivity index (χ2n) is 15.4. The maximum Gasteiger partial charge on any atom is 0.306 e. The van der Waals surface area contributed by atoms with E-state index in [1.807, 2.05) is 54.7 Å². The molecule has 6 heteroatoms. The fraction of sp³-hybridized carbons (Fsp3) is 0.673. The molecule has 0 aromatic heterocycles. The summed E-state index contributed by atoms with van der Waals surface area (Å²) in [4.78, 5) is 37.7. The van der Waals surface area contributed by atoms with E-state index in [1.165, 1.54) is 96.3 Å². The molecule has 0 radical (unpaired) electrons. The van der Waals surface area contributed by atoms with E-state index in [9.17, 15) is 14.4 Å². The predicted molar refractivity (Wildman–Crippen MR) is 247 cm³/mol. The van der Waals surface area contributed by atoms with Crippen molar-refractivity contribution in [2.45, 2.75) is 213 Å². The zero-order valence-electron chi connectivity index (χ0n) is 37.5. The molecular weight excluding hydrogens is 721 g/mol. The Balaban J connectivity index is 4.47. The molecule has 330 valence electrons. The Morgan fingerprint density at radius 3 is 1.26 bits per heavy atom. The Morgan fingerprint density at radius 1 is 0.379 bits per heavy atom. The SMILES string of the molecule is CC\C=C/C=C\C=C/C=C\C=C/CCCC(=O)OC(COC(=O)CCCCCCCCC/C=C\C/C=C\CCCCC)COC(=O)CCCCCCCCCCCC. The lowest BCUT2D eigenvalue weighted by atomic mass is 10.1. The molecule has 0 N–H and O–H groups in total. The third-order valence-corrected chi connectivity index (χ3v) is 9.76. The highest BCUT2D eigenvalue weighted by Gasteiger charge is 2.19. The lowest BCUT2D eigenvalue weighted by molar-refractivity contribution is -0.167. The lowest BCUT2D eigenvalue weighted by Crippen LogP contribution is -2.30. The van der Waals surface area contributed by atoms with Gasteiger partial charge < -0.3 is 14.2 Å². The van der Waals surface area contributed by atoms with Crippen LogP contribution in [-0.2, 0) is 28.6 Å². The van der Waals surface area contributed by atoms with E-state index < -0.39 is 6.10 Å². The summed E-state index contributed by atoms with van der Waals surface area (Å²) in [5, 5.41) is 0. The molecule has 0 spiro atoms. The average Bonchev–Trinajstić information content (AvgIpc) is 3.22. The van der Waals surface area contributed by atoms with Crippen LogP contribution in [0.2, 0.25) is 0 Å². The first kappa shape index (κ1) is 54.6. The first-order chi connectivity index (χ1) is 28.5. The van der Waals surface area contributed by atoms with Crippen LogP contribution in [-0.4, -0.2) is 37.2 Å². The van der Waals surface area contributed by atoms with Gasteiger partial charge in [0.25, 0.3) is 0 Å². The molecule has 0 saturated carbocycles. The summed E-state index contributed by atoms with van der Waals surface area (Å²) in [5.74, 6) is -0.997. The van der Waals surface area contributed by atoms with Gasteiger partial charge in [-0.25, -0.2) is 0 Å². The van der Waals surface area contributed by atoms with Crippen LogP contribution in [0.1, 0.15) is 207 Å². The number of hydrogen-bond acceptors (Lipinski definition) is 6. The Hall–Kier alpha value is -3.41. The summed E-state index contributed by atoms with van der Waals surface area (Å²) in [6.07, 6.45) is 58.6. The van der Waals surface area contributed by atoms with Gasteiger partial charge in [0.2, 0.25) is 0 Å². The second kappa shape index (κ2) is 46.3. The van der Waals surface area contributed by atoms with Crippen molar-refractivity contribution in [2.75, 3.05) is 13.2 Å². The van der Waals surface area contributed by atoms with Crippen LogP contribution in [0.25, 0.3) is 0 Å². The molecule has 1 atom stereocenters. The molecular formula is C52H86O6. The molecule has 0 amide bonds. The highest BCUT2D eigenvalue weighted by atomic mass is 16.6. The third kappa shape index (κ3) is 43.7. The van der Waals surface area contributed by atoms with Crippen LogP contribution in [0.4, 0.5) is 0 Å². The zero-order valence-corrected chi connectivity index (χ0v) is 37.5. The molecule has 0 aliphatic rings. The summed E-state index contributed by atoms with van der Waals surface area (Å²) in [6.45, 7) is 6.37. The van der Waals surface area contributed by atoms with E-state index >= 15 is 0 Å². The van der Waals surface area contributed by atoms with Crippen molar-refractivity contribution in [2.24, 2.45) is 0 Å². The van der Waals surface area contributed by atoms with Crippen molar-refractivity contribution in [3.8, 4) is 0 Å². The molecule has 0 bridgehead atoms. The molecule has 0 aliphatic heterocycles. The van der Waals surface area contributed by atoms with Crippen molar-refractivity contribution >= 4 is 17.9 Å². The maximum absolute atomic E-state index is 12.7. The predicted octanol–water partition coefficient (Wildman–Crippen LogP) is 15.3. The van der Waals surface area contributed by atoms with E-state index in [0.717, 1.165) is 64.2 Å². The third-order valence-electron chi connectivity index (χ3n) is 9.76. The van der Waals surface area contributed by atoms with Gasteiger partial charge in [-0.15, -0.1) is 0 Å². The Bertz CT molecular complexity index is 1160. The average molecular weight is 807 g/mol. The van der Waals surface area contributed by atoms with Crippen molar-refractivity contribution in [3.63, 3.8) is 0 Å². The van der Waals surface area contributed by atoms with Gasteiger partial charge in [-0.2, -0.15) is 0 Å². The van der Waals surface area contributed by atoms with Crippen LogP contribution in [0.5, 0.6) is 0 Å². The normalized spacial score (nSPS) is 12.8. The summed E-state index contributed by atoms with van der Waals surface area (Å²) in [6, 6.07) is 0. The largest absolute Gasteiger partial charge is 0.462 e. The molecule has 1 unspecified atom stereocenters. The number of esters is 3. The van der Waals surface area contributed by atoms with Gasteiger partial charge in [-0.05, 0) is 64.2 Å². The Morgan fingerprint density at radius 2 is 0.759 bits per heavy atom. The highest BCUT2D eigenvalue weighted by molar-refractivity contribution is 5.71. The van der Waals surface area contributed by atoms with Crippen LogP contribution < -0.4 is 0 Å². The van der Waals surface area contributed by atoms with E-state index in [4.69, 9.17) is 14.2 Å². The zero-order chi connectivity index (χ0) is 42.3. The molecule has 0 heterocycles. The fourth-order valence-corrected chi connectivity index (χ4v) is 6.21. The van der Waals surface area contributed by atoms with E-state index in [-0.39, 0.29) is 37.5 Å². The van der Waals surface area contributed by atoms with Gasteiger partial charge in [0.1, 0.15) is 13.2 Å². The molecule has 0 aliphatic carbocycles. The minimum absolute atomic E-state index is 0.107. The molecule has 0 rings (SSSR count). The number of carbonyl (C=O) groups excluding carboxylic acids is 3. The standard InChI is InChI=1S/C52H86O6/c1-4-7-10-13-16-19-22-24-25-26-27-29-30-33-36-39-42-45-51(54)57-48-49(47-56-50(53)44-41-38-35-32-21-18-15-12-9-6-3)58-52(55)46-43-40-37-34-31-28-23-20-17-14-11-8-5-2/h8,11,14,16-17,19-20,23-25,28,31,34,37,49H,4-7,9-10,12-13,15,18,21-22,26-27,29-30,32-33,35-36,38-48H2,1-3H3/b11-8-,17-14-,19-16-,23-20-,25-24-,31-28-,37-34-. The van der Waals surface area contributed by atoms with E-state index in [0.29, 0.717) is 19.3 Å². The smallest absolute Gasteiger partial charge is 0.306 e. The number of rotatable bonds is 41. The number of allylic oxidation sites excluding steroid dienone is 14. The highest BCUT2D eigenvalue weighted by Crippen LogP contribution is 2.13. The second-order valence-corrected chi connectivity index (χ2v) is 15.4. The number of ether oxygens (including phenoxy) is 3. The minimum Gasteiger partial charge on any atom is -0.462 e. The number of unbranched alkanes of at least 4 members (excludes halogenated alkanes) is 20. The Labute approximate surface area is 356 Å². The molecule has 0 fully saturated rings. The van der Waals surface area contributed by atoms with Crippen LogP contribution in [0.3, 0.4) is 0 Å². The van der Waals surface area contributed by atoms with E-state index in [1.54, 1.807) is 0 Å². The summed E-state index contributed by atoms with van der Waals surface area (Å²) in [7, 11) is 0. The lowest BCUT2D eigenvalue weighted by Gasteiger charge is -2.18. The van der Waals surface area contributed by atoms with Crippen LogP contribution in [0, 0.1) is 0 Å². The molecule has 0 aromatic carbocycles. The first-order valence-electron chi connectivity index (χ1n) is 23.7. The minimum atomic E-state index is -0.813. The van der Waals surface area contributed by atoms with Gasteiger partial charge >= 0.3 is 17.9 Å². The Kier molecular flexibility index (Phi) is 43.6. The topological polar surface area (TPSA) is 78.9 Å². The van der Waals surface area contributed by atoms with Gasteiger partial charge in [-0.3, -0.25) is 14.4 Å².